The van der Waals surface area contributed by atoms with Gasteiger partial charge in [-0.3, -0.25) is 4.79 Å². The highest BCUT2D eigenvalue weighted by Crippen LogP contribution is 2.30. The lowest BCUT2D eigenvalue weighted by Gasteiger charge is -2.13. The lowest BCUT2D eigenvalue weighted by Crippen LogP contribution is -2.31. The third kappa shape index (κ3) is 5.95. The Labute approximate surface area is 181 Å². The number of para-hydroxylation sites is 1. The second-order valence-corrected chi connectivity index (χ2v) is 7.07. The predicted molar refractivity (Wildman–Crippen MR) is 120 cm³/mol. The smallest absolute Gasteiger partial charge is 0.251 e. The van der Waals surface area contributed by atoms with Crippen LogP contribution in [0, 0.1) is 11.3 Å². The molecular formula is C23H24N6O2. The van der Waals surface area contributed by atoms with Crippen LogP contribution in [0.25, 0.3) is 0 Å². The second-order valence-electron chi connectivity index (χ2n) is 7.07. The first-order chi connectivity index (χ1) is 15.0. The number of nitrogen functional groups attached to an aromatic ring is 1. The number of nitriles is 1. The van der Waals surface area contributed by atoms with Crippen LogP contribution in [0.4, 0.5) is 17.2 Å². The van der Waals surface area contributed by atoms with E-state index in [9.17, 15) is 10.1 Å². The van der Waals surface area contributed by atoms with Gasteiger partial charge in [-0.15, -0.1) is 0 Å². The fourth-order valence-corrected chi connectivity index (χ4v) is 2.74. The first-order valence-corrected chi connectivity index (χ1v) is 9.70. The standard InChI is InChI=1S/C23H24N6O2/c1-29(2)13-12-26-22(30)16-8-10-17(11-9-16)27-21-14-20(25)19(15-24)23(28-21)31-18-6-4-3-5-7-18/h3-11,14H,12-13H2,1-2H3,(H,26,30)(H3,25,27,28). The molecule has 0 aliphatic rings. The number of nitrogens with two attached hydrogens (primary N) is 1. The molecule has 0 bridgehead atoms. The van der Waals surface area contributed by atoms with Crippen LogP contribution in [0.5, 0.6) is 11.6 Å². The average Bonchev–Trinajstić information content (AvgIpc) is 2.74. The van der Waals surface area contributed by atoms with Crippen molar-refractivity contribution in [1.82, 2.24) is 15.2 Å². The number of hydrogen-bond acceptors (Lipinski definition) is 7. The van der Waals surface area contributed by atoms with Crippen LogP contribution in [-0.4, -0.2) is 43.0 Å². The van der Waals surface area contributed by atoms with Gasteiger partial charge in [-0.25, -0.2) is 0 Å². The van der Waals surface area contributed by atoms with Gasteiger partial charge < -0.3 is 26.0 Å². The predicted octanol–water partition coefficient (Wildman–Crippen LogP) is 3.36. The van der Waals surface area contributed by atoms with E-state index >= 15 is 0 Å². The lowest BCUT2D eigenvalue weighted by atomic mass is 10.2. The van der Waals surface area contributed by atoms with Crippen molar-refractivity contribution in [2.45, 2.75) is 0 Å². The van der Waals surface area contributed by atoms with Crippen LogP contribution in [0.2, 0.25) is 0 Å². The number of benzene rings is 2. The summed E-state index contributed by atoms with van der Waals surface area (Å²) in [5.41, 5.74) is 7.73. The molecule has 0 spiro atoms. The first kappa shape index (κ1) is 21.6. The van der Waals surface area contributed by atoms with Gasteiger partial charge in [-0.1, -0.05) is 18.2 Å². The number of pyridine rings is 1. The van der Waals surface area contributed by atoms with E-state index in [2.05, 4.69) is 15.6 Å². The maximum atomic E-state index is 12.2. The van der Waals surface area contributed by atoms with Crippen LogP contribution in [-0.2, 0) is 0 Å². The zero-order valence-electron chi connectivity index (χ0n) is 17.4. The minimum atomic E-state index is -0.132. The number of likely N-dealkylation sites (N-methyl/N-ethyl adjacent to an activating group) is 1. The van der Waals surface area contributed by atoms with Gasteiger partial charge in [0.25, 0.3) is 5.91 Å². The normalized spacial score (nSPS) is 10.4. The van der Waals surface area contributed by atoms with Gasteiger partial charge in [0.05, 0.1) is 5.69 Å². The number of carbonyl (C=O) groups is 1. The van der Waals surface area contributed by atoms with E-state index in [-0.39, 0.29) is 23.0 Å². The van der Waals surface area contributed by atoms with Crippen molar-refractivity contribution in [2.24, 2.45) is 0 Å². The van der Waals surface area contributed by atoms with Crippen LogP contribution >= 0.6 is 0 Å². The molecule has 3 rings (SSSR count). The summed E-state index contributed by atoms with van der Waals surface area (Å²) in [6.45, 7) is 1.34. The Morgan fingerprint density at radius 2 is 1.87 bits per heavy atom. The molecule has 2 aromatic carbocycles. The van der Waals surface area contributed by atoms with E-state index in [1.807, 2.05) is 43.3 Å². The Morgan fingerprint density at radius 1 is 1.16 bits per heavy atom. The van der Waals surface area contributed by atoms with Gasteiger partial charge in [0.1, 0.15) is 23.2 Å². The molecule has 0 saturated carbocycles. The van der Waals surface area contributed by atoms with E-state index in [0.717, 1.165) is 6.54 Å². The number of ether oxygens (including phenoxy) is 1. The Morgan fingerprint density at radius 3 is 2.52 bits per heavy atom. The maximum absolute atomic E-state index is 12.2. The summed E-state index contributed by atoms with van der Waals surface area (Å²) in [5.74, 6) is 0.957. The zero-order chi connectivity index (χ0) is 22.2. The van der Waals surface area contributed by atoms with Crippen LogP contribution in [0.15, 0.2) is 60.7 Å². The Hall–Kier alpha value is -4.09. The highest BCUT2D eigenvalue weighted by atomic mass is 16.5. The fraction of sp³-hybridized carbons (Fsp3) is 0.174. The highest BCUT2D eigenvalue weighted by molar-refractivity contribution is 5.94. The van der Waals surface area contributed by atoms with E-state index in [4.69, 9.17) is 10.5 Å². The Balaban J connectivity index is 1.73. The summed E-state index contributed by atoms with van der Waals surface area (Å²) in [5, 5.41) is 15.4. The van der Waals surface area contributed by atoms with Gasteiger partial charge in [0, 0.05) is 30.4 Å². The summed E-state index contributed by atoms with van der Waals surface area (Å²) in [6, 6.07) is 19.6. The summed E-state index contributed by atoms with van der Waals surface area (Å²) in [7, 11) is 3.90. The SMILES string of the molecule is CN(C)CCNC(=O)c1ccc(Nc2cc(N)c(C#N)c(Oc3ccccc3)n2)cc1. The molecule has 4 N–H and O–H groups in total. The third-order valence-electron chi connectivity index (χ3n) is 4.35. The van der Waals surface area contributed by atoms with Crippen LogP contribution in [0.1, 0.15) is 15.9 Å². The molecule has 0 radical (unpaired) electrons. The van der Waals surface area contributed by atoms with E-state index in [1.165, 1.54) is 0 Å². The topological polar surface area (TPSA) is 116 Å². The van der Waals surface area contributed by atoms with Crippen molar-refractivity contribution in [2.75, 3.05) is 38.2 Å². The number of nitrogens with one attached hydrogen (secondary N) is 2. The van der Waals surface area contributed by atoms with Crippen molar-refractivity contribution < 1.29 is 9.53 Å². The zero-order valence-corrected chi connectivity index (χ0v) is 17.4. The summed E-state index contributed by atoms with van der Waals surface area (Å²) >= 11 is 0. The number of amides is 1. The summed E-state index contributed by atoms with van der Waals surface area (Å²) in [6.07, 6.45) is 0. The molecule has 0 atom stereocenters. The molecule has 0 aliphatic carbocycles. The molecule has 3 aromatic rings. The van der Waals surface area contributed by atoms with E-state index in [1.54, 1.807) is 42.5 Å². The number of rotatable bonds is 8. The minimum Gasteiger partial charge on any atom is -0.438 e. The number of hydrogen-bond donors (Lipinski definition) is 3. The lowest BCUT2D eigenvalue weighted by molar-refractivity contribution is 0.0951. The molecule has 158 valence electrons. The molecule has 0 saturated heterocycles. The van der Waals surface area contributed by atoms with Gasteiger partial charge in [-0.05, 0) is 50.5 Å². The highest BCUT2D eigenvalue weighted by Gasteiger charge is 2.13. The molecule has 31 heavy (non-hydrogen) atoms. The van der Waals surface area contributed by atoms with Gasteiger partial charge >= 0.3 is 0 Å². The number of nitrogens with zero attached hydrogens (tertiary/aromatic N) is 3. The van der Waals surface area contributed by atoms with Crippen molar-refractivity contribution >= 4 is 23.1 Å². The van der Waals surface area contributed by atoms with Crippen molar-refractivity contribution in [3.05, 3.63) is 71.8 Å². The first-order valence-electron chi connectivity index (χ1n) is 9.70. The summed E-state index contributed by atoms with van der Waals surface area (Å²) < 4.78 is 5.75. The van der Waals surface area contributed by atoms with Crippen molar-refractivity contribution in [3.8, 4) is 17.7 Å². The molecule has 1 heterocycles. The van der Waals surface area contributed by atoms with E-state index < -0.39 is 0 Å². The van der Waals surface area contributed by atoms with Crippen molar-refractivity contribution in [1.29, 1.82) is 5.26 Å². The number of carbonyl (C=O) groups excluding carboxylic acids is 1. The Kier molecular flexibility index (Phi) is 7.04. The number of anilines is 3. The quantitative estimate of drug-likeness (QED) is 0.515. The van der Waals surface area contributed by atoms with Gasteiger partial charge in [-0.2, -0.15) is 10.2 Å². The van der Waals surface area contributed by atoms with Crippen molar-refractivity contribution in [3.63, 3.8) is 0 Å². The molecule has 8 nitrogen and oxygen atoms in total. The van der Waals surface area contributed by atoms with Crippen LogP contribution < -0.4 is 21.1 Å². The molecule has 0 fully saturated rings. The maximum Gasteiger partial charge on any atom is 0.251 e. The molecule has 8 heteroatoms. The molecule has 0 aliphatic heterocycles. The molecule has 1 aromatic heterocycles. The minimum absolute atomic E-state index is 0.119. The summed E-state index contributed by atoms with van der Waals surface area (Å²) in [4.78, 5) is 18.6. The number of aromatic nitrogens is 1. The molecular weight excluding hydrogens is 392 g/mol. The Bertz CT molecular complexity index is 1080. The molecule has 0 unspecified atom stereocenters. The van der Waals surface area contributed by atoms with Gasteiger partial charge in [0.2, 0.25) is 5.88 Å². The van der Waals surface area contributed by atoms with E-state index in [0.29, 0.717) is 29.4 Å². The monoisotopic (exact) mass is 416 g/mol. The van der Waals surface area contributed by atoms with Gasteiger partial charge in [0.15, 0.2) is 0 Å². The van der Waals surface area contributed by atoms with Crippen LogP contribution in [0.3, 0.4) is 0 Å². The average molecular weight is 416 g/mol. The second kappa shape index (κ2) is 10.1. The largest absolute Gasteiger partial charge is 0.438 e. The third-order valence-corrected chi connectivity index (χ3v) is 4.35. The molecule has 1 amide bonds. The fourth-order valence-electron chi connectivity index (χ4n) is 2.74.